The molecule has 0 atom stereocenters. The fraction of sp³-hybridized carbons (Fsp3) is 0.167. The number of nitrogens with zero attached hydrogens (tertiary/aromatic N) is 4. The van der Waals surface area contributed by atoms with Crippen molar-refractivity contribution < 1.29 is 9.47 Å². The van der Waals surface area contributed by atoms with E-state index in [-0.39, 0.29) is 6.79 Å². The summed E-state index contributed by atoms with van der Waals surface area (Å²) < 4.78 is 11.8. The van der Waals surface area contributed by atoms with Gasteiger partial charge in [0.25, 0.3) is 0 Å². The highest BCUT2D eigenvalue weighted by molar-refractivity contribution is 5.59. The molecule has 1 aliphatic rings. The predicted octanol–water partition coefficient (Wildman–Crippen LogP) is -0.147. The van der Waals surface area contributed by atoms with Crippen LogP contribution in [0.15, 0.2) is 12.5 Å². The van der Waals surface area contributed by atoms with Crippen LogP contribution in [0.5, 0.6) is 11.5 Å². The van der Waals surface area contributed by atoms with Crippen molar-refractivity contribution in [1.29, 1.82) is 0 Å². The summed E-state index contributed by atoms with van der Waals surface area (Å²) in [7, 11) is 0. The highest BCUT2D eigenvalue weighted by Crippen LogP contribution is 2.33. The third-order valence-corrected chi connectivity index (χ3v) is 1.67. The second-order valence-corrected chi connectivity index (χ2v) is 2.34. The van der Waals surface area contributed by atoms with E-state index in [1.807, 2.05) is 0 Å². The Morgan fingerprint density at radius 2 is 2.42 bits per heavy atom. The normalized spacial score (nSPS) is 14.0. The van der Waals surface area contributed by atoms with Gasteiger partial charge in [0, 0.05) is 0 Å². The Balaban J connectivity index is 2.46. The minimum absolute atomic E-state index is 0.226. The number of hydrogen-bond donors (Lipinski definition) is 0. The van der Waals surface area contributed by atoms with Crippen LogP contribution >= 0.6 is 0 Å². The second kappa shape index (κ2) is 1.84. The van der Waals surface area contributed by atoms with Crippen LogP contribution in [-0.2, 0) is 0 Å². The van der Waals surface area contributed by atoms with Gasteiger partial charge in [0.1, 0.15) is 6.33 Å². The van der Waals surface area contributed by atoms with Crippen LogP contribution in [0, 0.1) is 0 Å². The molecule has 0 saturated heterocycles. The zero-order valence-electron chi connectivity index (χ0n) is 5.97. The van der Waals surface area contributed by atoms with E-state index in [2.05, 4.69) is 15.3 Å². The number of fused-ring (bicyclic) bond motifs is 3. The molecule has 2 aromatic heterocycles. The molecule has 0 saturated carbocycles. The highest BCUT2D eigenvalue weighted by Gasteiger charge is 2.18. The van der Waals surface area contributed by atoms with Crippen molar-refractivity contribution in [3.05, 3.63) is 12.5 Å². The van der Waals surface area contributed by atoms with E-state index in [0.29, 0.717) is 17.1 Å². The molecule has 0 amide bonds. The molecule has 0 unspecified atom stereocenters. The monoisotopic (exact) mass is 164 g/mol. The molecule has 0 fully saturated rings. The first-order valence-electron chi connectivity index (χ1n) is 3.40. The van der Waals surface area contributed by atoms with E-state index in [1.54, 1.807) is 6.20 Å². The lowest BCUT2D eigenvalue weighted by Gasteiger charge is -1.94. The van der Waals surface area contributed by atoms with Crippen LogP contribution in [0.2, 0.25) is 0 Å². The van der Waals surface area contributed by atoms with E-state index in [0.717, 1.165) is 0 Å². The molecule has 12 heavy (non-hydrogen) atoms. The standard InChI is InChI=1S/C6H4N4O2/c1-4-5(12-3-11-4)6-9-7-2-10(6)8-1/h1-2H,3H2. The van der Waals surface area contributed by atoms with Gasteiger partial charge in [0.2, 0.25) is 18.2 Å². The van der Waals surface area contributed by atoms with E-state index >= 15 is 0 Å². The van der Waals surface area contributed by atoms with Gasteiger partial charge in [-0.05, 0) is 0 Å². The molecule has 60 valence electrons. The van der Waals surface area contributed by atoms with Crippen molar-refractivity contribution in [3.63, 3.8) is 0 Å². The lowest BCUT2D eigenvalue weighted by atomic mass is 10.5. The van der Waals surface area contributed by atoms with Crippen molar-refractivity contribution in [2.45, 2.75) is 0 Å². The average molecular weight is 164 g/mol. The minimum atomic E-state index is 0.226. The maximum Gasteiger partial charge on any atom is 0.231 e. The van der Waals surface area contributed by atoms with Gasteiger partial charge in [-0.3, -0.25) is 0 Å². The Kier molecular flexibility index (Phi) is 0.885. The van der Waals surface area contributed by atoms with Gasteiger partial charge < -0.3 is 9.47 Å². The fourth-order valence-corrected chi connectivity index (χ4v) is 1.14. The topological polar surface area (TPSA) is 61.5 Å². The Morgan fingerprint density at radius 3 is 3.42 bits per heavy atom. The van der Waals surface area contributed by atoms with Gasteiger partial charge in [0.15, 0.2) is 5.75 Å². The third kappa shape index (κ3) is 0.565. The average Bonchev–Trinajstić information content (AvgIpc) is 2.71. The van der Waals surface area contributed by atoms with Gasteiger partial charge in [-0.2, -0.15) is 9.61 Å². The molecule has 0 aliphatic carbocycles. The Hall–Kier alpha value is -1.85. The molecule has 0 spiro atoms. The summed E-state index contributed by atoms with van der Waals surface area (Å²) in [5.74, 6) is 1.23. The number of rotatable bonds is 0. The fourth-order valence-electron chi connectivity index (χ4n) is 1.14. The van der Waals surface area contributed by atoms with Crippen LogP contribution in [-0.4, -0.2) is 26.6 Å². The summed E-state index contributed by atoms with van der Waals surface area (Å²) in [6.07, 6.45) is 3.09. The first kappa shape index (κ1) is 5.76. The van der Waals surface area contributed by atoms with Crippen molar-refractivity contribution >= 4 is 5.65 Å². The summed E-state index contributed by atoms with van der Waals surface area (Å²) in [6.45, 7) is 0.226. The summed E-state index contributed by atoms with van der Waals surface area (Å²) in [6, 6.07) is 0. The van der Waals surface area contributed by atoms with Crippen LogP contribution in [0.4, 0.5) is 0 Å². The molecule has 0 bridgehead atoms. The summed E-state index contributed by atoms with van der Waals surface area (Å²) in [4.78, 5) is 0. The zero-order valence-corrected chi connectivity index (χ0v) is 5.97. The molecule has 3 heterocycles. The first-order valence-corrected chi connectivity index (χ1v) is 3.40. The van der Waals surface area contributed by atoms with Gasteiger partial charge in [-0.1, -0.05) is 0 Å². The molecular formula is C6H4N4O2. The Labute approximate surface area is 66.7 Å². The molecule has 1 aliphatic heterocycles. The molecule has 6 nitrogen and oxygen atoms in total. The third-order valence-electron chi connectivity index (χ3n) is 1.67. The van der Waals surface area contributed by atoms with E-state index < -0.39 is 0 Å². The maximum absolute atomic E-state index is 5.18. The van der Waals surface area contributed by atoms with Crippen molar-refractivity contribution in [3.8, 4) is 11.5 Å². The van der Waals surface area contributed by atoms with Gasteiger partial charge in [0.05, 0.1) is 6.20 Å². The predicted molar refractivity (Wildman–Crippen MR) is 36.9 cm³/mol. The lowest BCUT2D eigenvalue weighted by molar-refractivity contribution is 0.174. The van der Waals surface area contributed by atoms with Gasteiger partial charge in [-0.15, -0.1) is 10.2 Å². The van der Waals surface area contributed by atoms with Crippen LogP contribution in [0.25, 0.3) is 5.65 Å². The number of hydrogen-bond acceptors (Lipinski definition) is 5. The van der Waals surface area contributed by atoms with Crippen LogP contribution < -0.4 is 9.47 Å². The van der Waals surface area contributed by atoms with Crippen molar-refractivity contribution in [1.82, 2.24) is 19.8 Å². The molecule has 3 rings (SSSR count). The van der Waals surface area contributed by atoms with E-state index in [4.69, 9.17) is 9.47 Å². The second-order valence-electron chi connectivity index (χ2n) is 2.34. The largest absolute Gasteiger partial charge is 0.452 e. The van der Waals surface area contributed by atoms with E-state index in [9.17, 15) is 0 Å². The number of ether oxygens (including phenoxy) is 2. The molecule has 2 aromatic rings. The highest BCUT2D eigenvalue weighted by atomic mass is 16.7. The summed E-state index contributed by atoms with van der Waals surface area (Å²) in [5.41, 5.74) is 0.588. The zero-order chi connectivity index (χ0) is 7.97. The van der Waals surface area contributed by atoms with Gasteiger partial charge in [-0.25, -0.2) is 0 Å². The lowest BCUT2D eigenvalue weighted by Crippen LogP contribution is -1.93. The minimum Gasteiger partial charge on any atom is -0.452 e. The van der Waals surface area contributed by atoms with Crippen LogP contribution in [0.1, 0.15) is 0 Å². The van der Waals surface area contributed by atoms with E-state index in [1.165, 1.54) is 10.8 Å². The quantitative estimate of drug-likeness (QED) is 0.542. The van der Waals surface area contributed by atoms with Crippen molar-refractivity contribution in [2.75, 3.05) is 6.79 Å². The summed E-state index contributed by atoms with van der Waals surface area (Å²) >= 11 is 0. The smallest absolute Gasteiger partial charge is 0.231 e. The number of aromatic nitrogens is 4. The molecule has 0 radical (unpaired) electrons. The Morgan fingerprint density at radius 1 is 1.42 bits per heavy atom. The SMILES string of the molecule is c1nn2cnnc2c2c1OCO2. The molecular weight excluding hydrogens is 160 g/mol. The first-order chi connectivity index (χ1) is 5.95. The molecule has 6 heteroatoms. The molecule has 0 N–H and O–H groups in total. The Bertz CT molecular complexity index is 438. The summed E-state index contributed by atoms with van der Waals surface area (Å²) in [5, 5.41) is 11.5. The van der Waals surface area contributed by atoms with Crippen molar-refractivity contribution in [2.24, 2.45) is 0 Å². The van der Waals surface area contributed by atoms with Gasteiger partial charge >= 0.3 is 0 Å². The van der Waals surface area contributed by atoms with Crippen LogP contribution in [0.3, 0.4) is 0 Å². The maximum atomic E-state index is 5.18. The molecule has 0 aromatic carbocycles.